The molecule has 3 nitrogen and oxygen atoms in total. The molecular weight excluding hydrogens is 278 g/mol. The standard InChI is InChI=1S/C17H23N3S/c1-3-18-12-16-13(2)19-17(21-16)20-10-8-14-6-4-5-7-15(14)9-11-20/h4-7,18H,3,8-12H2,1-2H3. The van der Waals surface area contributed by atoms with Gasteiger partial charge in [-0.1, -0.05) is 31.2 Å². The number of nitrogens with zero attached hydrogens (tertiary/aromatic N) is 2. The van der Waals surface area contributed by atoms with Crippen molar-refractivity contribution in [1.82, 2.24) is 10.3 Å². The number of aryl methyl sites for hydroxylation is 1. The maximum absolute atomic E-state index is 4.80. The molecule has 0 spiro atoms. The van der Waals surface area contributed by atoms with Crippen LogP contribution in [0.15, 0.2) is 24.3 Å². The number of anilines is 1. The van der Waals surface area contributed by atoms with Gasteiger partial charge in [0.1, 0.15) is 0 Å². The number of nitrogens with one attached hydrogen (secondary N) is 1. The minimum atomic E-state index is 0.939. The maximum Gasteiger partial charge on any atom is 0.185 e. The van der Waals surface area contributed by atoms with Gasteiger partial charge in [-0.05, 0) is 37.4 Å². The summed E-state index contributed by atoms with van der Waals surface area (Å²) < 4.78 is 0. The first-order chi connectivity index (χ1) is 10.3. The number of benzene rings is 1. The molecular formula is C17H23N3S. The van der Waals surface area contributed by atoms with Crippen molar-refractivity contribution in [2.45, 2.75) is 33.2 Å². The summed E-state index contributed by atoms with van der Waals surface area (Å²) in [6.45, 7) is 8.36. The molecule has 21 heavy (non-hydrogen) atoms. The Hall–Kier alpha value is -1.39. The molecule has 0 aliphatic carbocycles. The second-order valence-electron chi connectivity index (χ2n) is 5.54. The highest BCUT2D eigenvalue weighted by Gasteiger charge is 2.17. The van der Waals surface area contributed by atoms with Crippen molar-refractivity contribution in [3.63, 3.8) is 0 Å². The first-order valence-electron chi connectivity index (χ1n) is 7.76. The minimum Gasteiger partial charge on any atom is -0.347 e. The van der Waals surface area contributed by atoms with Crippen LogP contribution >= 0.6 is 11.3 Å². The Morgan fingerprint density at radius 3 is 2.48 bits per heavy atom. The summed E-state index contributed by atoms with van der Waals surface area (Å²) >= 11 is 1.85. The van der Waals surface area contributed by atoms with E-state index < -0.39 is 0 Å². The average Bonchev–Trinajstić information content (AvgIpc) is 2.73. The molecule has 0 bridgehead atoms. The summed E-state index contributed by atoms with van der Waals surface area (Å²) in [6.07, 6.45) is 2.24. The zero-order chi connectivity index (χ0) is 14.7. The fraction of sp³-hybridized carbons (Fsp3) is 0.471. The van der Waals surface area contributed by atoms with E-state index in [0.29, 0.717) is 0 Å². The fourth-order valence-electron chi connectivity index (χ4n) is 2.81. The van der Waals surface area contributed by atoms with Crippen LogP contribution in [0.3, 0.4) is 0 Å². The van der Waals surface area contributed by atoms with E-state index in [2.05, 4.69) is 48.3 Å². The van der Waals surface area contributed by atoms with E-state index in [0.717, 1.165) is 39.0 Å². The summed E-state index contributed by atoms with van der Waals surface area (Å²) in [7, 11) is 0. The molecule has 0 fully saturated rings. The van der Waals surface area contributed by atoms with Gasteiger partial charge in [-0.2, -0.15) is 0 Å². The lowest BCUT2D eigenvalue weighted by Crippen LogP contribution is -2.25. The Kier molecular flexibility index (Phi) is 4.56. The van der Waals surface area contributed by atoms with Crippen molar-refractivity contribution >= 4 is 16.5 Å². The highest BCUT2D eigenvalue weighted by molar-refractivity contribution is 7.15. The third-order valence-electron chi connectivity index (χ3n) is 4.11. The van der Waals surface area contributed by atoms with Gasteiger partial charge in [0.15, 0.2) is 5.13 Å². The molecule has 0 saturated carbocycles. The van der Waals surface area contributed by atoms with E-state index in [4.69, 9.17) is 4.98 Å². The normalized spacial score (nSPS) is 14.9. The molecule has 0 atom stereocenters. The Labute approximate surface area is 131 Å². The van der Waals surface area contributed by atoms with Crippen molar-refractivity contribution < 1.29 is 0 Å². The topological polar surface area (TPSA) is 28.2 Å². The van der Waals surface area contributed by atoms with Crippen molar-refractivity contribution in [3.8, 4) is 0 Å². The number of hydrogen-bond acceptors (Lipinski definition) is 4. The van der Waals surface area contributed by atoms with Crippen LogP contribution in [0.5, 0.6) is 0 Å². The zero-order valence-corrected chi connectivity index (χ0v) is 13.7. The van der Waals surface area contributed by atoms with Crippen LogP contribution in [-0.2, 0) is 19.4 Å². The molecule has 0 unspecified atom stereocenters. The molecule has 1 aliphatic rings. The molecule has 1 aromatic heterocycles. The molecule has 0 radical (unpaired) electrons. The van der Waals surface area contributed by atoms with Gasteiger partial charge in [0, 0.05) is 24.5 Å². The molecule has 112 valence electrons. The molecule has 1 aromatic carbocycles. The quantitative estimate of drug-likeness (QED) is 0.940. The number of fused-ring (bicyclic) bond motifs is 1. The van der Waals surface area contributed by atoms with Crippen molar-refractivity contribution in [3.05, 3.63) is 46.0 Å². The van der Waals surface area contributed by atoms with Crippen LogP contribution in [0.1, 0.15) is 28.6 Å². The lowest BCUT2D eigenvalue weighted by atomic mass is 10.0. The minimum absolute atomic E-state index is 0.939. The number of aromatic nitrogens is 1. The summed E-state index contributed by atoms with van der Waals surface area (Å²) in [4.78, 5) is 8.62. The van der Waals surface area contributed by atoms with Gasteiger partial charge in [0.25, 0.3) is 0 Å². The van der Waals surface area contributed by atoms with Crippen molar-refractivity contribution in [2.75, 3.05) is 24.5 Å². The highest BCUT2D eigenvalue weighted by atomic mass is 32.1. The summed E-state index contributed by atoms with van der Waals surface area (Å²) in [5.41, 5.74) is 4.18. The zero-order valence-electron chi connectivity index (χ0n) is 12.9. The first kappa shape index (κ1) is 14.5. The van der Waals surface area contributed by atoms with E-state index in [1.807, 2.05) is 11.3 Å². The van der Waals surface area contributed by atoms with Gasteiger partial charge in [0.2, 0.25) is 0 Å². The van der Waals surface area contributed by atoms with E-state index >= 15 is 0 Å². The SMILES string of the molecule is CCNCc1sc(N2CCc3ccccc3CC2)nc1C. The Bertz CT molecular complexity index is 579. The molecule has 2 aromatic rings. The third kappa shape index (κ3) is 3.27. The van der Waals surface area contributed by atoms with E-state index in [1.54, 1.807) is 0 Å². The number of hydrogen-bond donors (Lipinski definition) is 1. The van der Waals surface area contributed by atoms with Gasteiger partial charge in [-0.15, -0.1) is 11.3 Å². The predicted octanol–water partition coefficient (Wildman–Crippen LogP) is 3.17. The summed E-state index contributed by atoms with van der Waals surface area (Å²) in [6, 6.07) is 8.83. The third-order valence-corrected chi connectivity index (χ3v) is 5.33. The maximum atomic E-state index is 4.80. The number of thiazole rings is 1. The molecule has 0 amide bonds. The smallest absolute Gasteiger partial charge is 0.185 e. The van der Waals surface area contributed by atoms with Crippen LogP contribution in [0, 0.1) is 6.92 Å². The van der Waals surface area contributed by atoms with Crippen molar-refractivity contribution in [1.29, 1.82) is 0 Å². The molecule has 1 N–H and O–H groups in total. The largest absolute Gasteiger partial charge is 0.347 e. The first-order valence-corrected chi connectivity index (χ1v) is 8.58. The number of rotatable bonds is 4. The Balaban J connectivity index is 1.74. The van der Waals surface area contributed by atoms with Crippen LogP contribution < -0.4 is 10.2 Å². The molecule has 0 saturated heterocycles. The molecule has 3 rings (SSSR count). The van der Waals surface area contributed by atoms with Gasteiger partial charge in [0.05, 0.1) is 5.69 Å². The average molecular weight is 301 g/mol. The van der Waals surface area contributed by atoms with Gasteiger partial charge < -0.3 is 10.2 Å². The van der Waals surface area contributed by atoms with E-state index in [-0.39, 0.29) is 0 Å². The van der Waals surface area contributed by atoms with Gasteiger partial charge in [-0.25, -0.2) is 4.98 Å². The van der Waals surface area contributed by atoms with Gasteiger partial charge in [-0.3, -0.25) is 0 Å². The molecule has 4 heteroatoms. The van der Waals surface area contributed by atoms with E-state index in [9.17, 15) is 0 Å². The predicted molar refractivity (Wildman–Crippen MR) is 90.3 cm³/mol. The van der Waals surface area contributed by atoms with Crippen LogP contribution in [0.2, 0.25) is 0 Å². The van der Waals surface area contributed by atoms with Crippen molar-refractivity contribution in [2.24, 2.45) is 0 Å². The van der Waals surface area contributed by atoms with Crippen LogP contribution in [-0.4, -0.2) is 24.6 Å². The lowest BCUT2D eigenvalue weighted by molar-refractivity contribution is 0.730. The summed E-state index contributed by atoms with van der Waals surface area (Å²) in [5, 5.41) is 4.59. The lowest BCUT2D eigenvalue weighted by Gasteiger charge is -2.18. The molecule has 2 heterocycles. The Morgan fingerprint density at radius 2 is 1.86 bits per heavy atom. The second kappa shape index (κ2) is 6.58. The van der Waals surface area contributed by atoms with Gasteiger partial charge >= 0.3 is 0 Å². The summed E-state index contributed by atoms with van der Waals surface area (Å²) in [5.74, 6) is 0. The fourth-order valence-corrected chi connectivity index (χ4v) is 3.89. The Morgan fingerprint density at radius 1 is 1.19 bits per heavy atom. The second-order valence-corrected chi connectivity index (χ2v) is 6.60. The van der Waals surface area contributed by atoms with E-state index in [1.165, 1.54) is 26.8 Å². The molecule has 1 aliphatic heterocycles. The monoisotopic (exact) mass is 301 g/mol. The highest BCUT2D eigenvalue weighted by Crippen LogP contribution is 2.28. The van der Waals surface area contributed by atoms with Crippen LogP contribution in [0.25, 0.3) is 0 Å². The van der Waals surface area contributed by atoms with Crippen LogP contribution in [0.4, 0.5) is 5.13 Å².